The molecule has 4 saturated heterocycles. The summed E-state index contributed by atoms with van der Waals surface area (Å²) < 4.78 is 228. The van der Waals surface area contributed by atoms with Crippen LogP contribution in [0.1, 0.15) is 139 Å². The Morgan fingerprint density at radius 3 is 0.955 bits per heavy atom. The summed E-state index contributed by atoms with van der Waals surface area (Å²) in [7, 11) is -2.87. The minimum absolute atomic E-state index is 0.00659. The second kappa shape index (κ2) is 35.8. The molecular weight excluding hydrogens is 1700 g/mol. The molecule has 0 N–H and O–H groups in total. The fraction of sp³-hybridized carbons (Fsp3) is 0.565. The summed E-state index contributed by atoms with van der Waals surface area (Å²) >= 11 is -5.97. The zero-order valence-electron chi connectivity index (χ0n) is 66.4. The molecule has 0 saturated carbocycles. The predicted molar refractivity (Wildman–Crippen MR) is 407 cm³/mol. The van der Waals surface area contributed by atoms with Crippen molar-refractivity contribution in [2.75, 3.05) is 40.6 Å². The fourth-order valence-electron chi connectivity index (χ4n) is 13.7. The van der Waals surface area contributed by atoms with Gasteiger partial charge in [-0.3, -0.25) is 0 Å². The van der Waals surface area contributed by atoms with E-state index in [1.165, 1.54) is 21.1 Å². The van der Waals surface area contributed by atoms with Crippen LogP contribution in [0.2, 0.25) is 41.8 Å². The van der Waals surface area contributed by atoms with E-state index in [0.717, 1.165) is 51.8 Å². The average molecular weight is 1790 g/mol. The Balaban J connectivity index is 0.000000151. The van der Waals surface area contributed by atoms with Gasteiger partial charge in [0.1, 0.15) is 33.1 Å². The van der Waals surface area contributed by atoms with Gasteiger partial charge in [0.05, 0.1) is 49.7 Å². The zero-order valence-corrected chi connectivity index (χ0v) is 72.2. The van der Waals surface area contributed by atoms with Crippen LogP contribution in [0.25, 0.3) is 55.2 Å². The Morgan fingerprint density at radius 1 is 0.366 bits per heavy atom. The Labute approximate surface area is 650 Å². The summed E-state index contributed by atoms with van der Waals surface area (Å²) in [4.78, 5) is 5.99. The molecule has 0 unspecified atom stereocenters. The maximum absolute atomic E-state index is 15.3. The predicted octanol–water partition coefficient (Wildman–Crippen LogP) is 10.5. The smallest absolute Gasteiger partial charge is 0.407 e. The Morgan fingerprint density at radius 2 is 0.643 bits per heavy atom. The van der Waals surface area contributed by atoms with Crippen molar-refractivity contribution in [3.63, 3.8) is 0 Å². The van der Waals surface area contributed by atoms with E-state index in [1.54, 1.807) is 20.6 Å². The molecule has 25 nitrogen and oxygen atoms in total. The Hall–Kier alpha value is -6.01. The number of unbranched alkanes of at least 4 members (excludes halogenated alkanes) is 3. The van der Waals surface area contributed by atoms with Crippen molar-refractivity contribution >= 4 is 174 Å². The molecule has 0 amide bonds. The van der Waals surface area contributed by atoms with Gasteiger partial charge >= 0.3 is 285 Å². The van der Waals surface area contributed by atoms with Gasteiger partial charge in [-0.25, -0.2) is 40.2 Å². The second-order valence-electron chi connectivity index (χ2n) is 31.3. The molecule has 602 valence electrons. The third-order valence-electron chi connectivity index (χ3n) is 21.3. The molecule has 0 atom stereocenters. The normalized spacial score (nSPS) is 16.8. The average Bonchev–Trinajstić information content (AvgIpc) is 1.57. The summed E-state index contributed by atoms with van der Waals surface area (Å²) in [5.41, 5.74) is -1.31. The minimum atomic E-state index is -3.18. The van der Waals surface area contributed by atoms with Gasteiger partial charge in [-0.2, -0.15) is 0 Å². The SMILES string of the molecule is CC1(C)OB(c2c(F)c(F)c(B3OC(C)(C)C(C)(C)O3)c3nonc23)OC1(C)C.CCC[CH2][Sn]([CH2]CCC)([CH2]CCC)[c]1c(F)c(F)c(C)c2nonc12.COB(OC)c1c(F)c(F)c(B(C)C)c2nonc12.Cc1c(F)c(F)[c]([Sn]([CH3])([CH3])[CH3])c2nonc12.Fc1c(F)c(B2OCCCO2)c2nonc2c1B1OCCCO1. The van der Waals surface area contributed by atoms with E-state index < -0.39 is 153 Å². The van der Waals surface area contributed by atoms with Gasteiger partial charge in [-0.15, -0.1) is 0 Å². The molecule has 5 aromatic carbocycles. The summed E-state index contributed by atoms with van der Waals surface area (Å²) in [6.07, 6.45) is 7.82. The van der Waals surface area contributed by atoms with Crippen molar-refractivity contribution in [1.82, 2.24) is 51.6 Å². The monoisotopic (exact) mass is 1790 g/mol. The van der Waals surface area contributed by atoms with Gasteiger partial charge in [0.25, 0.3) is 0 Å². The third kappa shape index (κ3) is 17.2. The molecule has 112 heavy (non-hydrogen) atoms. The van der Waals surface area contributed by atoms with Crippen LogP contribution < -0.4 is 39.9 Å². The van der Waals surface area contributed by atoms with E-state index in [-0.39, 0.29) is 83.7 Å². The quantitative estimate of drug-likeness (QED) is 0.0537. The number of benzene rings is 5. The molecule has 4 fully saturated rings. The molecule has 9 heterocycles. The van der Waals surface area contributed by atoms with Crippen LogP contribution in [-0.4, -0.2) is 194 Å². The van der Waals surface area contributed by atoms with Crippen LogP contribution in [0.4, 0.5) is 43.9 Å². The van der Waals surface area contributed by atoms with Crippen molar-refractivity contribution in [2.45, 2.75) is 206 Å². The zero-order chi connectivity index (χ0) is 82.1. The van der Waals surface area contributed by atoms with Crippen LogP contribution in [-0.2, 0) is 46.5 Å². The molecular formula is C69H90B6F10N10O15Sn2. The van der Waals surface area contributed by atoms with Crippen molar-refractivity contribution in [3.8, 4) is 0 Å². The number of aryl methyl sites for hydroxylation is 2. The number of hydrogen-bond donors (Lipinski definition) is 0. The maximum atomic E-state index is 15.3. The summed E-state index contributed by atoms with van der Waals surface area (Å²) in [6, 6.07) is 0. The Bertz CT molecular complexity index is 4800. The summed E-state index contributed by atoms with van der Waals surface area (Å²) in [6.45, 7) is 28.8. The number of rotatable bonds is 19. The molecule has 43 heteroatoms. The first kappa shape index (κ1) is 88.4. The van der Waals surface area contributed by atoms with Crippen molar-refractivity contribution in [1.29, 1.82) is 0 Å². The molecule has 0 radical (unpaired) electrons. The van der Waals surface area contributed by atoms with Gasteiger partial charge in [0, 0.05) is 40.6 Å². The van der Waals surface area contributed by atoms with Crippen LogP contribution >= 0.6 is 0 Å². The van der Waals surface area contributed by atoms with Crippen LogP contribution in [0, 0.1) is 72.0 Å². The van der Waals surface area contributed by atoms with E-state index in [4.69, 9.17) is 55.8 Å². The third-order valence-corrected chi connectivity index (χ3v) is 42.4. The van der Waals surface area contributed by atoms with Gasteiger partial charge in [0.15, 0.2) is 41.6 Å². The van der Waals surface area contributed by atoms with Crippen LogP contribution in [0.15, 0.2) is 23.1 Å². The first-order valence-corrected chi connectivity index (χ1v) is 54.6. The standard InChI is InChI=1S/C18H24B2F2N2O5.C12H12B2F2N2O5.C10H12B2F2N2O3.2C7H3F2N2O.3C4H9.3CH3.2Sn/c1-15(2)16(3,4)26-19(25-15)9-11(21)12(22)10(14-13(9)23-29-24-14)20-27-17(5,6)18(7,8)28-20;15-9-7(13-19-3-1-4-20-13)11-12(18-23-17-11)8(10(9)16)14-21-5-2-6-22-14;1-11(2)5-7(13)8(14)6(12(17-3)18-4)10-9(5)15-19-16-10;2*1-3-6(9)4(8)2-5-7(3)11-12-10-5;3*1-3-4-2;;;;;/h1-8H3;1-6H2;1-4H3;2*1H3;3*1,3-4H2,2H3;3*1H3;;. The second-order valence-corrected chi connectivity index (χ2v) is 58.5. The first-order valence-electron chi connectivity index (χ1n) is 37.2. The van der Waals surface area contributed by atoms with E-state index in [1.807, 2.05) is 70.2 Å². The molecule has 0 spiro atoms. The molecule has 5 aromatic heterocycles. The van der Waals surface area contributed by atoms with Crippen LogP contribution in [0.3, 0.4) is 0 Å². The van der Waals surface area contributed by atoms with Crippen molar-refractivity contribution in [2.24, 2.45) is 0 Å². The Kier molecular flexibility index (Phi) is 28.3. The molecule has 0 aliphatic carbocycles. The topological polar surface area (TPSA) is 287 Å². The summed E-state index contributed by atoms with van der Waals surface area (Å²) in [5, 5.41) is 37.5. The van der Waals surface area contributed by atoms with Gasteiger partial charge in [0.2, 0.25) is 0 Å². The summed E-state index contributed by atoms with van der Waals surface area (Å²) in [5.74, 6) is -9.61. The van der Waals surface area contributed by atoms with Gasteiger partial charge < -0.3 is 46.5 Å². The number of halogens is 10. The fourth-order valence-corrected chi connectivity index (χ4v) is 35.1. The molecule has 10 aromatic rings. The number of hydrogen-bond acceptors (Lipinski definition) is 25. The van der Waals surface area contributed by atoms with E-state index >= 15 is 13.2 Å². The minimum Gasteiger partial charge on any atom is -0.407 e. The molecule has 4 aliphatic heterocycles. The molecule has 0 bridgehead atoms. The largest absolute Gasteiger partial charge is 0.499 e. The van der Waals surface area contributed by atoms with E-state index in [0.29, 0.717) is 68.5 Å². The maximum Gasteiger partial charge on any atom is 0.499 e. The molecule has 14 rings (SSSR count). The van der Waals surface area contributed by atoms with Crippen molar-refractivity contribution < 1.29 is 114 Å². The molecule has 4 aliphatic rings. The van der Waals surface area contributed by atoms with E-state index in [9.17, 15) is 30.7 Å². The van der Waals surface area contributed by atoms with Crippen LogP contribution in [0.5, 0.6) is 0 Å². The van der Waals surface area contributed by atoms with Crippen molar-refractivity contribution in [3.05, 3.63) is 69.3 Å². The number of fused-ring (bicyclic) bond motifs is 5. The first-order chi connectivity index (χ1) is 52.8. The number of nitrogens with zero attached hydrogens (tertiary/aromatic N) is 10. The van der Waals surface area contributed by atoms with Gasteiger partial charge in [-0.1, -0.05) is 44.6 Å². The van der Waals surface area contributed by atoms with Gasteiger partial charge in [-0.05, 0) is 73.7 Å². The number of aromatic nitrogens is 10. The van der Waals surface area contributed by atoms with E-state index in [2.05, 4.69) is 86.2 Å².